The molecule has 27 heavy (non-hydrogen) atoms. The Kier molecular flexibility index (Phi) is 7.82. The molecule has 152 valence electrons. The van der Waals surface area contributed by atoms with Gasteiger partial charge in [0.1, 0.15) is 0 Å². The standard InChI is InChI=1S/C20H33N3O3S/c1-5-23(6-2)27(25,26)19-14-18(8-7-15(19)3)22-20(24)13-16(4)17-9-11-21-12-10-17/h7-8,14,16-17,21H,5-6,9-13H2,1-4H3,(H,22,24). The molecule has 1 aliphatic rings. The van der Waals surface area contributed by atoms with Crippen LogP contribution in [0.1, 0.15) is 45.6 Å². The van der Waals surface area contributed by atoms with E-state index in [-0.39, 0.29) is 10.8 Å². The van der Waals surface area contributed by atoms with Crippen LogP contribution in [0.25, 0.3) is 0 Å². The fourth-order valence-corrected chi connectivity index (χ4v) is 5.45. The molecule has 1 saturated heterocycles. The Bertz CT molecular complexity index is 739. The van der Waals surface area contributed by atoms with E-state index in [1.165, 1.54) is 4.31 Å². The van der Waals surface area contributed by atoms with Crippen LogP contribution in [0.5, 0.6) is 0 Å². The number of rotatable bonds is 8. The van der Waals surface area contributed by atoms with Crippen molar-refractivity contribution in [1.29, 1.82) is 0 Å². The van der Waals surface area contributed by atoms with Crippen LogP contribution in [-0.4, -0.2) is 44.8 Å². The average molecular weight is 396 g/mol. The number of amides is 1. The molecular weight excluding hydrogens is 362 g/mol. The van der Waals surface area contributed by atoms with Gasteiger partial charge in [-0.1, -0.05) is 26.8 Å². The van der Waals surface area contributed by atoms with E-state index in [4.69, 9.17) is 0 Å². The number of benzene rings is 1. The topological polar surface area (TPSA) is 78.5 Å². The first-order valence-electron chi connectivity index (χ1n) is 9.90. The van der Waals surface area contributed by atoms with E-state index in [9.17, 15) is 13.2 Å². The first-order valence-corrected chi connectivity index (χ1v) is 11.3. The molecule has 1 fully saturated rings. The Morgan fingerprint density at radius 2 is 1.89 bits per heavy atom. The van der Waals surface area contributed by atoms with Crippen LogP contribution in [0.2, 0.25) is 0 Å². The highest BCUT2D eigenvalue weighted by atomic mass is 32.2. The van der Waals surface area contributed by atoms with E-state index in [1.54, 1.807) is 25.1 Å². The molecule has 1 unspecified atom stereocenters. The second-order valence-corrected chi connectivity index (χ2v) is 9.29. The lowest BCUT2D eigenvalue weighted by atomic mass is 9.84. The summed E-state index contributed by atoms with van der Waals surface area (Å²) < 4.78 is 27.1. The first-order chi connectivity index (χ1) is 12.8. The predicted molar refractivity (Wildman–Crippen MR) is 109 cm³/mol. The molecule has 2 rings (SSSR count). The molecule has 1 aromatic carbocycles. The summed E-state index contributed by atoms with van der Waals surface area (Å²) in [6.45, 7) is 10.4. The van der Waals surface area contributed by atoms with Crippen molar-refractivity contribution in [3.05, 3.63) is 23.8 Å². The molecule has 2 N–H and O–H groups in total. The molecular formula is C20H33N3O3S. The number of nitrogens with one attached hydrogen (secondary N) is 2. The van der Waals surface area contributed by atoms with Gasteiger partial charge in [-0.05, 0) is 62.4 Å². The van der Waals surface area contributed by atoms with Crippen molar-refractivity contribution in [3.8, 4) is 0 Å². The lowest BCUT2D eigenvalue weighted by Gasteiger charge is -2.28. The van der Waals surface area contributed by atoms with E-state index in [2.05, 4.69) is 17.6 Å². The minimum absolute atomic E-state index is 0.0592. The lowest BCUT2D eigenvalue weighted by Crippen LogP contribution is -2.32. The molecule has 1 heterocycles. The van der Waals surface area contributed by atoms with E-state index >= 15 is 0 Å². The van der Waals surface area contributed by atoms with Gasteiger partial charge < -0.3 is 10.6 Å². The van der Waals surface area contributed by atoms with Crippen LogP contribution in [0, 0.1) is 18.8 Å². The van der Waals surface area contributed by atoms with Gasteiger partial charge in [-0.15, -0.1) is 0 Å². The Hall–Kier alpha value is -1.44. The summed E-state index contributed by atoms with van der Waals surface area (Å²) in [5.41, 5.74) is 1.22. The largest absolute Gasteiger partial charge is 0.326 e. The molecule has 1 atom stereocenters. The number of nitrogens with zero attached hydrogens (tertiary/aromatic N) is 1. The summed E-state index contributed by atoms with van der Waals surface area (Å²) in [7, 11) is -3.56. The number of sulfonamides is 1. The van der Waals surface area contributed by atoms with Gasteiger partial charge in [0, 0.05) is 25.2 Å². The lowest BCUT2D eigenvalue weighted by molar-refractivity contribution is -0.117. The monoisotopic (exact) mass is 395 g/mol. The van der Waals surface area contributed by atoms with Crippen molar-refractivity contribution >= 4 is 21.6 Å². The van der Waals surface area contributed by atoms with Crippen molar-refractivity contribution in [2.45, 2.75) is 51.9 Å². The zero-order chi connectivity index (χ0) is 20.0. The summed E-state index contributed by atoms with van der Waals surface area (Å²) in [6, 6.07) is 5.10. The van der Waals surface area contributed by atoms with Crippen molar-refractivity contribution in [1.82, 2.24) is 9.62 Å². The highest BCUT2D eigenvalue weighted by Crippen LogP contribution is 2.26. The van der Waals surface area contributed by atoms with Gasteiger partial charge >= 0.3 is 0 Å². The third kappa shape index (κ3) is 5.53. The van der Waals surface area contributed by atoms with Gasteiger partial charge in [0.15, 0.2) is 0 Å². The van der Waals surface area contributed by atoms with Gasteiger partial charge in [0.05, 0.1) is 4.90 Å². The molecule has 0 aliphatic carbocycles. The SMILES string of the molecule is CCN(CC)S(=O)(=O)c1cc(NC(=O)CC(C)C2CCNCC2)ccc1C. The van der Waals surface area contributed by atoms with Gasteiger partial charge in [-0.25, -0.2) is 8.42 Å². The van der Waals surface area contributed by atoms with Gasteiger partial charge in [-0.2, -0.15) is 4.31 Å². The van der Waals surface area contributed by atoms with Crippen LogP contribution < -0.4 is 10.6 Å². The van der Waals surface area contributed by atoms with Crippen LogP contribution in [0.4, 0.5) is 5.69 Å². The third-order valence-corrected chi connectivity index (χ3v) is 7.68. The number of aryl methyl sites for hydroxylation is 1. The number of carbonyl (C=O) groups is 1. The van der Waals surface area contributed by atoms with Gasteiger partial charge in [0.25, 0.3) is 0 Å². The van der Waals surface area contributed by atoms with Crippen LogP contribution >= 0.6 is 0 Å². The summed E-state index contributed by atoms with van der Waals surface area (Å²) in [4.78, 5) is 12.7. The van der Waals surface area contributed by atoms with Crippen LogP contribution in [0.3, 0.4) is 0 Å². The molecule has 1 aromatic rings. The Morgan fingerprint density at radius 1 is 1.26 bits per heavy atom. The van der Waals surface area contributed by atoms with E-state index in [1.807, 2.05) is 13.8 Å². The smallest absolute Gasteiger partial charge is 0.243 e. The predicted octanol–water partition coefficient (Wildman–Crippen LogP) is 2.99. The van der Waals surface area contributed by atoms with E-state index in [0.717, 1.165) is 25.9 Å². The third-order valence-electron chi connectivity index (χ3n) is 5.49. The minimum atomic E-state index is -3.56. The van der Waals surface area contributed by atoms with Crippen molar-refractivity contribution < 1.29 is 13.2 Å². The number of hydrogen-bond donors (Lipinski definition) is 2. The van der Waals surface area contributed by atoms with Crippen LogP contribution in [0.15, 0.2) is 23.1 Å². The number of piperidine rings is 1. The Labute approximate surface area is 163 Å². The Balaban J connectivity index is 2.10. The van der Waals surface area contributed by atoms with E-state index < -0.39 is 10.0 Å². The molecule has 0 spiro atoms. The number of hydrogen-bond acceptors (Lipinski definition) is 4. The average Bonchev–Trinajstić information content (AvgIpc) is 2.64. The first kappa shape index (κ1) is 21.9. The van der Waals surface area contributed by atoms with Crippen molar-refractivity contribution in [2.24, 2.45) is 11.8 Å². The molecule has 7 heteroatoms. The highest BCUT2D eigenvalue weighted by Gasteiger charge is 2.25. The zero-order valence-corrected chi connectivity index (χ0v) is 17.7. The maximum absolute atomic E-state index is 12.8. The van der Waals surface area contributed by atoms with Gasteiger partial charge in [-0.3, -0.25) is 4.79 Å². The van der Waals surface area contributed by atoms with Crippen molar-refractivity contribution in [2.75, 3.05) is 31.5 Å². The fraction of sp³-hybridized carbons (Fsp3) is 0.650. The zero-order valence-electron chi connectivity index (χ0n) is 16.9. The fourth-order valence-electron chi connectivity index (χ4n) is 3.74. The molecule has 0 radical (unpaired) electrons. The highest BCUT2D eigenvalue weighted by molar-refractivity contribution is 7.89. The maximum atomic E-state index is 12.8. The summed E-state index contributed by atoms with van der Waals surface area (Å²) in [5, 5.41) is 6.23. The molecule has 0 bridgehead atoms. The molecule has 0 aromatic heterocycles. The van der Waals surface area contributed by atoms with E-state index in [0.29, 0.717) is 42.6 Å². The second kappa shape index (κ2) is 9.66. The normalized spacial score (nSPS) is 17.1. The minimum Gasteiger partial charge on any atom is -0.326 e. The number of carbonyl (C=O) groups excluding carboxylic acids is 1. The van der Waals surface area contributed by atoms with Gasteiger partial charge in [0.2, 0.25) is 15.9 Å². The molecule has 0 saturated carbocycles. The molecule has 1 aliphatic heterocycles. The molecule has 6 nitrogen and oxygen atoms in total. The summed E-state index contributed by atoms with van der Waals surface area (Å²) in [6.07, 6.45) is 2.66. The molecule has 1 amide bonds. The maximum Gasteiger partial charge on any atom is 0.243 e. The van der Waals surface area contributed by atoms with Crippen LogP contribution in [-0.2, 0) is 14.8 Å². The number of anilines is 1. The van der Waals surface area contributed by atoms with Crippen molar-refractivity contribution in [3.63, 3.8) is 0 Å². The quantitative estimate of drug-likeness (QED) is 0.709. The Morgan fingerprint density at radius 3 is 2.48 bits per heavy atom. The summed E-state index contributed by atoms with van der Waals surface area (Å²) in [5.74, 6) is 0.820. The summed E-state index contributed by atoms with van der Waals surface area (Å²) >= 11 is 0. The second-order valence-electron chi connectivity index (χ2n) is 7.39.